The molecule has 0 atom stereocenters. The molecule has 140 valence electrons. The quantitative estimate of drug-likeness (QED) is 0.385. The molecule has 1 aliphatic heterocycles. The van der Waals surface area contributed by atoms with Crippen molar-refractivity contribution in [3.05, 3.63) is 0 Å². The SMILES string of the molecule is CN=C(NCCCOCCOC)NC1CN(C(=O)OC(C)(C)C)C1. The Morgan fingerprint density at radius 1 is 1.25 bits per heavy atom. The lowest BCUT2D eigenvalue weighted by Crippen LogP contribution is -2.63. The summed E-state index contributed by atoms with van der Waals surface area (Å²) in [5.41, 5.74) is -0.460. The highest BCUT2D eigenvalue weighted by atomic mass is 16.6. The van der Waals surface area contributed by atoms with Crippen molar-refractivity contribution in [1.29, 1.82) is 0 Å². The van der Waals surface area contributed by atoms with Crippen LogP contribution >= 0.6 is 0 Å². The second kappa shape index (κ2) is 10.4. The predicted octanol–water partition coefficient (Wildman–Crippen LogP) is 0.824. The second-order valence-corrected chi connectivity index (χ2v) is 6.68. The fourth-order valence-corrected chi connectivity index (χ4v) is 2.06. The number of hydrogen-bond acceptors (Lipinski definition) is 5. The minimum absolute atomic E-state index is 0.196. The Labute approximate surface area is 144 Å². The van der Waals surface area contributed by atoms with E-state index in [-0.39, 0.29) is 12.1 Å². The number of amides is 1. The maximum Gasteiger partial charge on any atom is 0.410 e. The van der Waals surface area contributed by atoms with Gasteiger partial charge in [-0.2, -0.15) is 0 Å². The number of carbonyl (C=O) groups is 1. The van der Waals surface area contributed by atoms with Crippen LogP contribution in [0.4, 0.5) is 4.79 Å². The van der Waals surface area contributed by atoms with Crippen molar-refractivity contribution in [3.63, 3.8) is 0 Å². The van der Waals surface area contributed by atoms with Crippen LogP contribution in [0, 0.1) is 0 Å². The summed E-state index contributed by atoms with van der Waals surface area (Å²) in [5.74, 6) is 0.737. The van der Waals surface area contributed by atoms with E-state index in [0.717, 1.165) is 18.9 Å². The highest BCUT2D eigenvalue weighted by Gasteiger charge is 2.34. The number of hydrogen-bond donors (Lipinski definition) is 2. The van der Waals surface area contributed by atoms with Gasteiger partial charge in [0.1, 0.15) is 5.60 Å². The molecule has 24 heavy (non-hydrogen) atoms. The standard InChI is InChI=1S/C16H32N4O4/c1-16(2,3)24-15(21)20-11-13(12-20)19-14(17-4)18-7-6-8-23-10-9-22-5/h13H,6-12H2,1-5H3,(H2,17,18,19). The number of rotatable bonds is 8. The molecule has 0 aromatic carbocycles. The van der Waals surface area contributed by atoms with Gasteiger partial charge in [0.05, 0.1) is 19.3 Å². The molecule has 0 aromatic rings. The van der Waals surface area contributed by atoms with Gasteiger partial charge in [-0.05, 0) is 27.2 Å². The third-order valence-electron chi connectivity index (χ3n) is 3.29. The Morgan fingerprint density at radius 2 is 1.96 bits per heavy atom. The van der Waals surface area contributed by atoms with E-state index in [0.29, 0.717) is 32.9 Å². The Bertz CT molecular complexity index is 403. The van der Waals surface area contributed by atoms with Crippen molar-refractivity contribution in [2.24, 2.45) is 4.99 Å². The van der Waals surface area contributed by atoms with Crippen molar-refractivity contribution >= 4 is 12.1 Å². The molecular weight excluding hydrogens is 312 g/mol. The molecule has 8 heteroatoms. The van der Waals surface area contributed by atoms with Crippen molar-refractivity contribution in [2.45, 2.75) is 38.8 Å². The monoisotopic (exact) mass is 344 g/mol. The van der Waals surface area contributed by atoms with Crippen LogP contribution in [0.2, 0.25) is 0 Å². The maximum atomic E-state index is 11.9. The molecule has 8 nitrogen and oxygen atoms in total. The molecule has 2 N–H and O–H groups in total. The van der Waals surface area contributed by atoms with Gasteiger partial charge in [0.25, 0.3) is 0 Å². The average Bonchev–Trinajstić information content (AvgIpc) is 2.45. The van der Waals surface area contributed by atoms with E-state index in [1.807, 2.05) is 20.8 Å². The highest BCUT2D eigenvalue weighted by Crippen LogP contribution is 2.15. The molecule has 1 aliphatic rings. The van der Waals surface area contributed by atoms with E-state index in [4.69, 9.17) is 14.2 Å². The summed E-state index contributed by atoms with van der Waals surface area (Å²) in [4.78, 5) is 17.7. The Morgan fingerprint density at radius 3 is 2.54 bits per heavy atom. The topological polar surface area (TPSA) is 84.4 Å². The first kappa shape index (κ1) is 20.5. The van der Waals surface area contributed by atoms with Crippen LogP contribution in [0.1, 0.15) is 27.2 Å². The van der Waals surface area contributed by atoms with Crippen molar-refractivity contribution in [1.82, 2.24) is 15.5 Å². The zero-order valence-electron chi connectivity index (χ0n) is 15.6. The second-order valence-electron chi connectivity index (χ2n) is 6.68. The first-order valence-corrected chi connectivity index (χ1v) is 8.37. The fraction of sp³-hybridized carbons (Fsp3) is 0.875. The third-order valence-corrected chi connectivity index (χ3v) is 3.29. The first-order valence-electron chi connectivity index (χ1n) is 8.37. The van der Waals surface area contributed by atoms with E-state index >= 15 is 0 Å². The molecule has 1 amide bonds. The van der Waals surface area contributed by atoms with E-state index in [1.54, 1.807) is 19.1 Å². The van der Waals surface area contributed by atoms with Crippen LogP contribution in [0.25, 0.3) is 0 Å². The van der Waals surface area contributed by atoms with Crippen LogP contribution in [0.15, 0.2) is 4.99 Å². The summed E-state index contributed by atoms with van der Waals surface area (Å²) >= 11 is 0. The van der Waals surface area contributed by atoms with E-state index < -0.39 is 5.60 Å². The lowest BCUT2D eigenvalue weighted by Gasteiger charge is -2.40. The number of nitrogens with zero attached hydrogens (tertiary/aromatic N) is 2. The number of methoxy groups -OCH3 is 1. The molecule has 1 heterocycles. The molecular formula is C16H32N4O4. The summed E-state index contributed by atoms with van der Waals surface area (Å²) in [7, 11) is 3.39. The van der Waals surface area contributed by atoms with Crippen LogP contribution < -0.4 is 10.6 Å². The predicted molar refractivity (Wildman–Crippen MR) is 93.4 cm³/mol. The molecule has 1 saturated heterocycles. The zero-order chi connectivity index (χ0) is 18.0. The van der Waals surface area contributed by atoms with Crippen LogP contribution in [0.5, 0.6) is 0 Å². The van der Waals surface area contributed by atoms with E-state index in [1.165, 1.54) is 0 Å². The number of carbonyl (C=O) groups excluding carboxylic acids is 1. The van der Waals surface area contributed by atoms with Crippen LogP contribution in [-0.2, 0) is 14.2 Å². The number of ether oxygens (including phenoxy) is 3. The van der Waals surface area contributed by atoms with Gasteiger partial charge in [-0.15, -0.1) is 0 Å². The number of nitrogens with one attached hydrogen (secondary N) is 2. The molecule has 0 spiro atoms. The molecule has 0 bridgehead atoms. The summed E-state index contributed by atoms with van der Waals surface area (Å²) in [6.07, 6.45) is 0.621. The lowest BCUT2D eigenvalue weighted by atomic mass is 10.1. The summed E-state index contributed by atoms with van der Waals surface area (Å²) in [5, 5.41) is 6.53. The van der Waals surface area contributed by atoms with Gasteiger partial charge in [0.15, 0.2) is 5.96 Å². The minimum Gasteiger partial charge on any atom is -0.444 e. The third kappa shape index (κ3) is 8.35. The number of aliphatic imine (C=N–C) groups is 1. The van der Waals surface area contributed by atoms with Crippen LogP contribution in [0.3, 0.4) is 0 Å². The average molecular weight is 344 g/mol. The molecule has 0 saturated carbocycles. The number of likely N-dealkylation sites (tertiary alicyclic amines) is 1. The molecule has 0 aromatic heterocycles. The number of guanidine groups is 1. The van der Waals surface area contributed by atoms with Gasteiger partial charge in [0, 0.05) is 40.4 Å². The highest BCUT2D eigenvalue weighted by molar-refractivity contribution is 5.80. The Hall–Kier alpha value is -1.54. The maximum absolute atomic E-state index is 11.9. The van der Waals surface area contributed by atoms with Gasteiger partial charge < -0.3 is 29.7 Å². The van der Waals surface area contributed by atoms with Crippen molar-refractivity contribution in [2.75, 3.05) is 53.6 Å². The summed E-state index contributed by atoms with van der Waals surface area (Å²) in [6.45, 7) is 9.53. The minimum atomic E-state index is -0.460. The van der Waals surface area contributed by atoms with Gasteiger partial charge >= 0.3 is 6.09 Å². The van der Waals surface area contributed by atoms with Crippen molar-refractivity contribution in [3.8, 4) is 0 Å². The van der Waals surface area contributed by atoms with Crippen molar-refractivity contribution < 1.29 is 19.0 Å². The molecule has 0 radical (unpaired) electrons. The Balaban J connectivity index is 2.12. The Kier molecular flexibility index (Phi) is 8.84. The molecule has 0 aliphatic carbocycles. The van der Waals surface area contributed by atoms with E-state index in [2.05, 4.69) is 15.6 Å². The smallest absolute Gasteiger partial charge is 0.410 e. The largest absolute Gasteiger partial charge is 0.444 e. The zero-order valence-corrected chi connectivity index (χ0v) is 15.6. The van der Waals surface area contributed by atoms with Gasteiger partial charge in [-0.3, -0.25) is 4.99 Å². The summed E-state index contributed by atoms with van der Waals surface area (Å²) in [6, 6.07) is 0.196. The van der Waals surface area contributed by atoms with E-state index in [9.17, 15) is 4.79 Å². The fourth-order valence-electron chi connectivity index (χ4n) is 2.06. The van der Waals surface area contributed by atoms with Gasteiger partial charge in [-0.1, -0.05) is 0 Å². The van der Waals surface area contributed by atoms with Gasteiger partial charge in [-0.25, -0.2) is 4.79 Å². The normalized spacial score (nSPS) is 15.9. The first-order chi connectivity index (χ1) is 11.4. The summed E-state index contributed by atoms with van der Waals surface area (Å²) < 4.78 is 15.6. The van der Waals surface area contributed by atoms with Gasteiger partial charge in [0.2, 0.25) is 0 Å². The molecule has 0 unspecified atom stereocenters. The molecule has 1 rings (SSSR count). The lowest BCUT2D eigenvalue weighted by molar-refractivity contribution is 0.00700. The molecule has 1 fully saturated rings. The van der Waals surface area contributed by atoms with Crippen LogP contribution in [-0.4, -0.2) is 82.2 Å².